The number of alkyl halides is 2. The van der Waals surface area contributed by atoms with E-state index in [2.05, 4.69) is 15.1 Å². The van der Waals surface area contributed by atoms with Crippen LogP contribution in [0.2, 0.25) is 0 Å². The highest BCUT2D eigenvalue weighted by Gasteiger charge is 2.16. The fraction of sp³-hybridized carbons (Fsp3) is 0.455. The Balaban J connectivity index is 2.42. The molecule has 2 aromatic heterocycles. The molecule has 2 rings (SSSR count). The van der Waals surface area contributed by atoms with Gasteiger partial charge in [-0.15, -0.1) is 5.10 Å². The summed E-state index contributed by atoms with van der Waals surface area (Å²) in [5.74, 6) is -3.26. The zero-order valence-corrected chi connectivity index (χ0v) is 11.6. The van der Waals surface area contributed by atoms with Crippen molar-refractivity contribution in [2.45, 2.75) is 37.6 Å². The van der Waals surface area contributed by atoms with Gasteiger partial charge in [0.05, 0.1) is 0 Å². The van der Waals surface area contributed by atoms with E-state index in [-0.39, 0.29) is 29.1 Å². The van der Waals surface area contributed by atoms with E-state index in [4.69, 9.17) is 5.11 Å². The lowest BCUT2D eigenvalue weighted by Crippen LogP contribution is -2.08. The second-order valence-corrected chi connectivity index (χ2v) is 5.10. The van der Waals surface area contributed by atoms with Crippen molar-refractivity contribution in [3.8, 4) is 0 Å². The first kappa shape index (κ1) is 14.6. The molecule has 20 heavy (non-hydrogen) atoms. The van der Waals surface area contributed by atoms with E-state index in [1.165, 1.54) is 4.52 Å². The van der Waals surface area contributed by atoms with Crippen LogP contribution in [0.3, 0.4) is 0 Å². The topological polar surface area (TPSA) is 80.4 Å². The van der Waals surface area contributed by atoms with Crippen LogP contribution in [0.25, 0.3) is 5.78 Å². The maximum atomic E-state index is 12.3. The molecule has 108 valence electrons. The molecule has 0 aliphatic carbocycles. The summed E-state index contributed by atoms with van der Waals surface area (Å²) in [6.45, 7) is 3.48. The van der Waals surface area contributed by atoms with Crippen molar-refractivity contribution >= 4 is 23.5 Å². The first-order valence-electron chi connectivity index (χ1n) is 5.78. The number of hydrogen-bond donors (Lipinski definition) is 1. The molecule has 2 aromatic rings. The second kappa shape index (κ2) is 5.70. The molecule has 0 saturated carbocycles. The summed E-state index contributed by atoms with van der Waals surface area (Å²) < 4.78 is 26.0. The monoisotopic (exact) mass is 302 g/mol. The van der Waals surface area contributed by atoms with Crippen LogP contribution in [0.4, 0.5) is 8.78 Å². The van der Waals surface area contributed by atoms with Gasteiger partial charge in [0.15, 0.2) is 0 Å². The molecule has 0 atom stereocenters. The molecule has 0 fully saturated rings. The summed E-state index contributed by atoms with van der Waals surface area (Å²) in [7, 11) is 0. The first-order valence-corrected chi connectivity index (χ1v) is 6.66. The number of aliphatic carboxylic acids is 1. The average Bonchev–Trinajstić information content (AvgIpc) is 2.70. The number of nitrogens with zero attached hydrogens (tertiary/aromatic N) is 4. The molecule has 0 saturated heterocycles. The molecule has 0 spiro atoms. The molecule has 0 radical (unpaired) electrons. The van der Waals surface area contributed by atoms with Gasteiger partial charge >= 0.3 is 5.97 Å². The average molecular weight is 302 g/mol. The molecule has 2 heterocycles. The largest absolute Gasteiger partial charge is 0.481 e. The highest BCUT2D eigenvalue weighted by atomic mass is 32.2. The Bertz CT molecular complexity index is 659. The van der Waals surface area contributed by atoms with Gasteiger partial charge in [0.1, 0.15) is 0 Å². The van der Waals surface area contributed by atoms with E-state index in [1.807, 2.05) is 0 Å². The quantitative estimate of drug-likeness (QED) is 0.852. The van der Waals surface area contributed by atoms with Crippen LogP contribution in [-0.4, -0.2) is 36.4 Å². The number of halogens is 2. The van der Waals surface area contributed by atoms with Gasteiger partial charge in [0, 0.05) is 17.8 Å². The number of fused-ring (bicyclic) bond motifs is 1. The van der Waals surface area contributed by atoms with Gasteiger partial charge < -0.3 is 5.11 Å². The number of carboxylic acid groups (broad SMARTS) is 1. The number of carboxylic acids is 1. The smallest absolute Gasteiger partial charge is 0.303 e. The van der Waals surface area contributed by atoms with Gasteiger partial charge in [0.25, 0.3) is 11.5 Å². The summed E-state index contributed by atoms with van der Waals surface area (Å²) in [4.78, 5) is 18.7. The van der Waals surface area contributed by atoms with E-state index in [9.17, 15) is 13.6 Å². The standard InChI is InChI=1S/C11H12F2N4O2S/c1-5-7(3-4-8(18)19)6(2)17-10(14-5)15-11(16-17)20-9(12)13/h9H,3-4H2,1-2H3,(H,18,19). The zero-order valence-electron chi connectivity index (χ0n) is 10.8. The van der Waals surface area contributed by atoms with Crippen LogP contribution in [-0.2, 0) is 11.2 Å². The van der Waals surface area contributed by atoms with Gasteiger partial charge in [-0.2, -0.15) is 13.8 Å². The lowest BCUT2D eigenvalue weighted by Gasteiger charge is -2.08. The van der Waals surface area contributed by atoms with Gasteiger partial charge in [-0.25, -0.2) is 9.50 Å². The molecule has 0 unspecified atom stereocenters. The molecule has 0 amide bonds. The van der Waals surface area contributed by atoms with Crippen molar-refractivity contribution in [1.82, 2.24) is 19.6 Å². The molecular formula is C11H12F2N4O2S. The molecule has 1 N–H and O–H groups in total. The molecule has 0 bridgehead atoms. The van der Waals surface area contributed by atoms with Gasteiger partial charge in [-0.3, -0.25) is 4.79 Å². The van der Waals surface area contributed by atoms with Crippen LogP contribution in [0, 0.1) is 13.8 Å². The Morgan fingerprint density at radius 3 is 2.70 bits per heavy atom. The van der Waals surface area contributed by atoms with Crippen molar-refractivity contribution in [3.63, 3.8) is 0 Å². The van der Waals surface area contributed by atoms with E-state index in [1.54, 1.807) is 13.8 Å². The van der Waals surface area contributed by atoms with Crippen LogP contribution < -0.4 is 0 Å². The summed E-state index contributed by atoms with van der Waals surface area (Å²) in [6, 6.07) is 0. The Morgan fingerprint density at radius 1 is 1.40 bits per heavy atom. The SMILES string of the molecule is Cc1nc2nc(SC(F)F)nn2c(C)c1CCC(=O)O. The molecule has 0 aliphatic heterocycles. The van der Waals surface area contributed by atoms with Crippen LogP contribution >= 0.6 is 11.8 Å². The minimum absolute atomic E-state index is 0.0256. The Morgan fingerprint density at radius 2 is 2.10 bits per heavy atom. The normalized spacial score (nSPS) is 11.4. The highest BCUT2D eigenvalue weighted by Crippen LogP contribution is 2.23. The van der Waals surface area contributed by atoms with E-state index >= 15 is 0 Å². The number of aryl methyl sites for hydroxylation is 2. The predicted octanol–water partition coefficient (Wildman–Crippen LogP) is 2.07. The number of rotatable bonds is 5. The lowest BCUT2D eigenvalue weighted by molar-refractivity contribution is -0.136. The third-order valence-electron chi connectivity index (χ3n) is 2.81. The Kier molecular flexibility index (Phi) is 4.17. The summed E-state index contributed by atoms with van der Waals surface area (Å²) in [5, 5.41) is 12.6. The fourth-order valence-corrected chi connectivity index (χ4v) is 2.34. The van der Waals surface area contributed by atoms with E-state index in [0.29, 0.717) is 17.8 Å². The predicted molar refractivity (Wildman–Crippen MR) is 68.1 cm³/mol. The van der Waals surface area contributed by atoms with Crippen molar-refractivity contribution in [2.75, 3.05) is 0 Å². The lowest BCUT2D eigenvalue weighted by atomic mass is 10.1. The van der Waals surface area contributed by atoms with Crippen molar-refractivity contribution in [3.05, 3.63) is 17.0 Å². The molecule has 0 aliphatic rings. The van der Waals surface area contributed by atoms with Crippen LogP contribution in [0.5, 0.6) is 0 Å². The fourth-order valence-electron chi connectivity index (χ4n) is 1.91. The number of aromatic nitrogens is 4. The van der Waals surface area contributed by atoms with Crippen molar-refractivity contribution < 1.29 is 18.7 Å². The van der Waals surface area contributed by atoms with E-state index < -0.39 is 11.7 Å². The molecular weight excluding hydrogens is 290 g/mol. The van der Waals surface area contributed by atoms with Crippen LogP contribution in [0.15, 0.2) is 5.16 Å². The summed E-state index contributed by atoms with van der Waals surface area (Å²) in [6.07, 6.45) is 0.287. The van der Waals surface area contributed by atoms with Crippen molar-refractivity contribution in [1.29, 1.82) is 0 Å². The Labute approximate surface area is 117 Å². The third-order valence-corrected chi connectivity index (χ3v) is 3.37. The number of carbonyl (C=O) groups is 1. The first-order chi connectivity index (χ1) is 9.38. The van der Waals surface area contributed by atoms with Gasteiger partial charge in [-0.05, 0) is 37.6 Å². The summed E-state index contributed by atoms with van der Waals surface area (Å²) >= 11 is 0.252. The maximum Gasteiger partial charge on any atom is 0.303 e. The van der Waals surface area contributed by atoms with Gasteiger partial charge in [-0.1, -0.05) is 0 Å². The number of thioether (sulfide) groups is 1. The van der Waals surface area contributed by atoms with E-state index in [0.717, 1.165) is 5.56 Å². The molecule has 9 heteroatoms. The van der Waals surface area contributed by atoms with Crippen molar-refractivity contribution in [2.24, 2.45) is 0 Å². The molecule has 0 aromatic carbocycles. The van der Waals surface area contributed by atoms with Gasteiger partial charge in [0.2, 0.25) is 5.16 Å². The minimum Gasteiger partial charge on any atom is -0.481 e. The third kappa shape index (κ3) is 3.03. The van der Waals surface area contributed by atoms with Crippen LogP contribution in [0.1, 0.15) is 23.4 Å². The highest BCUT2D eigenvalue weighted by molar-refractivity contribution is 7.99. The summed E-state index contributed by atoms with van der Waals surface area (Å²) in [5.41, 5.74) is 2.05. The second-order valence-electron chi connectivity index (χ2n) is 4.14. The minimum atomic E-state index is -2.60. The zero-order chi connectivity index (χ0) is 14.9. The maximum absolute atomic E-state index is 12.3. The molecule has 6 nitrogen and oxygen atoms in total. The Hall–Kier alpha value is -1.77. The number of hydrogen-bond acceptors (Lipinski definition) is 5.